The van der Waals surface area contributed by atoms with Crippen LogP contribution in [0.4, 0.5) is 4.79 Å². The molecule has 0 radical (unpaired) electrons. The van der Waals surface area contributed by atoms with Crippen molar-refractivity contribution in [1.82, 2.24) is 5.32 Å². The Kier molecular flexibility index (Phi) is 10.1. The Hall–Kier alpha value is -1.01. The standard InChI is InChI=1S/C6H14N4O2.ClH/c7-3-1-2-4-9-5(8)10-6(11)12;/h1-4,7H2,(H,11,12)(H3,8,9,10);1H. The fraction of sp³-hybridized carbons (Fsp3) is 0.667. The maximum Gasteiger partial charge on any atom is 0.411 e. The summed E-state index contributed by atoms with van der Waals surface area (Å²) in [6.07, 6.45) is 0.484. The van der Waals surface area contributed by atoms with Gasteiger partial charge in [-0.2, -0.15) is 0 Å². The summed E-state index contributed by atoms with van der Waals surface area (Å²) < 4.78 is 0. The molecule has 0 saturated carbocycles. The van der Waals surface area contributed by atoms with E-state index in [1.807, 2.05) is 5.32 Å². The first-order chi connectivity index (χ1) is 5.66. The Balaban J connectivity index is 0. The second-order valence-electron chi connectivity index (χ2n) is 2.19. The molecular formula is C6H15ClN4O2. The smallest absolute Gasteiger partial charge is 0.411 e. The van der Waals surface area contributed by atoms with Crippen molar-refractivity contribution in [2.45, 2.75) is 12.8 Å². The molecule has 0 aromatic carbocycles. The van der Waals surface area contributed by atoms with Crippen molar-refractivity contribution in [3.63, 3.8) is 0 Å². The van der Waals surface area contributed by atoms with Gasteiger partial charge < -0.3 is 16.6 Å². The number of amides is 1. The van der Waals surface area contributed by atoms with Crippen molar-refractivity contribution < 1.29 is 9.90 Å². The highest BCUT2D eigenvalue weighted by Crippen LogP contribution is 1.85. The number of carboxylic acid groups (broad SMARTS) is 1. The summed E-state index contributed by atoms with van der Waals surface area (Å²) in [5.41, 5.74) is 10.4. The predicted octanol–water partition coefficient (Wildman–Crippen LogP) is -0.271. The number of guanidine groups is 1. The van der Waals surface area contributed by atoms with Crippen LogP contribution in [-0.4, -0.2) is 30.2 Å². The van der Waals surface area contributed by atoms with E-state index in [0.717, 1.165) is 12.8 Å². The summed E-state index contributed by atoms with van der Waals surface area (Å²) in [5.74, 6) is -0.0699. The number of rotatable bonds is 4. The highest BCUT2D eigenvalue weighted by molar-refractivity contribution is 5.91. The molecule has 1 amide bonds. The van der Waals surface area contributed by atoms with Crippen LogP contribution in [0.2, 0.25) is 0 Å². The van der Waals surface area contributed by atoms with Crippen molar-refractivity contribution in [1.29, 1.82) is 0 Å². The molecule has 7 heteroatoms. The highest BCUT2D eigenvalue weighted by Gasteiger charge is 1.95. The lowest BCUT2D eigenvalue weighted by molar-refractivity contribution is 0.200. The van der Waals surface area contributed by atoms with E-state index >= 15 is 0 Å². The van der Waals surface area contributed by atoms with Crippen LogP contribution in [0, 0.1) is 0 Å². The minimum absolute atomic E-state index is 0. The zero-order valence-corrected chi connectivity index (χ0v) is 8.01. The average molecular weight is 211 g/mol. The van der Waals surface area contributed by atoms with Crippen molar-refractivity contribution in [2.75, 3.05) is 13.1 Å². The number of nitrogens with two attached hydrogens (primary N) is 2. The molecule has 0 saturated heterocycles. The number of hydrogen-bond donors (Lipinski definition) is 4. The molecule has 0 aliphatic rings. The molecule has 0 fully saturated rings. The van der Waals surface area contributed by atoms with Gasteiger partial charge in [-0.25, -0.2) is 4.79 Å². The van der Waals surface area contributed by atoms with Crippen molar-refractivity contribution in [3.8, 4) is 0 Å². The lowest BCUT2D eigenvalue weighted by Gasteiger charge is -1.98. The van der Waals surface area contributed by atoms with E-state index in [-0.39, 0.29) is 18.4 Å². The number of nitrogens with zero attached hydrogens (tertiary/aromatic N) is 1. The number of unbranched alkanes of at least 4 members (excludes halogenated alkanes) is 1. The average Bonchev–Trinajstić information content (AvgIpc) is 1.97. The van der Waals surface area contributed by atoms with Crippen molar-refractivity contribution in [3.05, 3.63) is 0 Å². The van der Waals surface area contributed by atoms with Gasteiger partial charge in [0, 0.05) is 6.54 Å². The summed E-state index contributed by atoms with van der Waals surface area (Å²) in [4.78, 5) is 13.8. The van der Waals surface area contributed by atoms with Gasteiger partial charge >= 0.3 is 6.09 Å². The molecule has 0 rings (SSSR count). The SMILES string of the molecule is Cl.NCCCCN=C(N)NC(=O)O. The van der Waals surface area contributed by atoms with Crippen LogP contribution in [-0.2, 0) is 0 Å². The van der Waals surface area contributed by atoms with Gasteiger partial charge in [0.1, 0.15) is 0 Å². The molecule has 0 atom stereocenters. The van der Waals surface area contributed by atoms with Crippen LogP contribution in [0.15, 0.2) is 4.99 Å². The van der Waals surface area contributed by atoms with E-state index in [9.17, 15) is 4.79 Å². The molecule has 78 valence electrons. The molecule has 0 aliphatic carbocycles. The van der Waals surface area contributed by atoms with Gasteiger partial charge in [0.05, 0.1) is 0 Å². The molecule has 0 heterocycles. The number of carbonyl (C=O) groups is 1. The van der Waals surface area contributed by atoms with Gasteiger partial charge in [-0.15, -0.1) is 12.4 Å². The maximum absolute atomic E-state index is 10.0. The van der Waals surface area contributed by atoms with Gasteiger partial charge in [0.25, 0.3) is 0 Å². The third-order valence-electron chi connectivity index (χ3n) is 1.13. The summed E-state index contributed by atoms with van der Waals surface area (Å²) in [6, 6.07) is 0. The van der Waals surface area contributed by atoms with Gasteiger partial charge in [0.2, 0.25) is 0 Å². The first kappa shape index (κ1) is 14.5. The third-order valence-corrected chi connectivity index (χ3v) is 1.13. The molecule has 13 heavy (non-hydrogen) atoms. The van der Waals surface area contributed by atoms with Crippen LogP contribution in [0.3, 0.4) is 0 Å². The van der Waals surface area contributed by atoms with E-state index in [1.165, 1.54) is 0 Å². The van der Waals surface area contributed by atoms with E-state index in [0.29, 0.717) is 13.1 Å². The van der Waals surface area contributed by atoms with Crippen LogP contribution in [0.25, 0.3) is 0 Å². The Morgan fingerprint density at radius 2 is 2.08 bits per heavy atom. The molecule has 0 aliphatic heterocycles. The quantitative estimate of drug-likeness (QED) is 0.291. The summed E-state index contributed by atoms with van der Waals surface area (Å²) in [7, 11) is 0. The molecule has 0 bridgehead atoms. The van der Waals surface area contributed by atoms with E-state index in [4.69, 9.17) is 16.6 Å². The lowest BCUT2D eigenvalue weighted by Crippen LogP contribution is -2.35. The first-order valence-electron chi connectivity index (χ1n) is 3.66. The Morgan fingerprint density at radius 3 is 2.54 bits per heavy atom. The second kappa shape index (κ2) is 9.08. The van der Waals surface area contributed by atoms with Crippen LogP contribution in [0.5, 0.6) is 0 Å². The van der Waals surface area contributed by atoms with Crippen molar-refractivity contribution >= 4 is 24.5 Å². The maximum atomic E-state index is 10.0. The summed E-state index contributed by atoms with van der Waals surface area (Å²) in [5, 5.41) is 10.1. The van der Waals surface area contributed by atoms with Crippen LogP contribution >= 0.6 is 12.4 Å². The fourth-order valence-corrected chi connectivity index (χ4v) is 0.605. The van der Waals surface area contributed by atoms with Gasteiger partial charge in [0.15, 0.2) is 5.96 Å². The minimum atomic E-state index is -1.20. The number of hydrogen-bond acceptors (Lipinski definition) is 3. The fourth-order valence-electron chi connectivity index (χ4n) is 0.605. The molecule has 0 spiro atoms. The Labute approximate surface area is 82.8 Å². The lowest BCUT2D eigenvalue weighted by atomic mass is 10.3. The van der Waals surface area contributed by atoms with Gasteiger partial charge in [-0.05, 0) is 19.4 Å². The number of aliphatic imine (C=N–C) groups is 1. The number of nitrogens with one attached hydrogen (secondary N) is 1. The topological polar surface area (TPSA) is 114 Å². The van der Waals surface area contributed by atoms with Gasteiger partial charge in [-0.3, -0.25) is 10.3 Å². The van der Waals surface area contributed by atoms with Gasteiger partial charge in [-0.1, -0.05) is 0 Å². The molecule has 6 N–H and O–H groups in total. The molecule has 6 nitrogen and oxygen atoms in total. The Morgan fingerprint density at radius 1 is 1.46 bits per heavy atom. The third kappa shape index (κ3) is 11.0. The molecule has 0 aromatic heterocycles. The molecular weight excluding hydrogens is 196 g/mol. The van der Waals surface area contributed by atoms with E-state index in [1.54, 1.807) is 0 Å². The zero-order valence-electron chi connectivity index (χ0n) is 7.19. The molecule has 0 unspecified atom stereocenters. The second-order valence-corrected chi connectivity index (χ2v) is 2.19. The molecule has 0 aromatic rings. The number of halogens is 1. The normalized spacial score (nSPS) is 10.4. The summed E-state index contributed by atoms with van der Waals surface area (Å²) >= 11 is 0. The van der Waals surface area contributed by atoms with E-state index in [2.05, 4.69) is 4.99 Å². The Bertz CT molecular complexity index is 174. The van der Waals surface area contributed by atoms with Crippen molar-refractivity contribution in [2.24, 2.45) is 16.5 Å². The van der Waals surface area contributed by atoms with E-state index < -0.39 is 6.09 Å². The zero-order chi connectivity index (χ0) is 9.40. The predicted molar refractivity (Wildman–Crippen MR) is 53.2 cm³/mol. The minimum Gasteiger partial charge on any atom is -0.465 e. The van der Waals surface area contributed by atoms with Crippen LogP contribution in [0.1, 0.15) is 12.8 Å². The summed E-state index contributed by atoms with van der Waals surface area (Å²) in [6.45, 7) is 1.12. The van der Waals surface area contributed by atoms with Crippen LogP contribution < -0.4 is 16.8 Å². The largest absolute Gasteiger partial charge is 0.465 e. The highest BCUT2D eigenvalue weighted by atomic mass is 35.5. The monoisotopic (exact) mass is 210 g/mol. The first-order valence-corrected chi connectivity index (χ1v) is 3.66.